The zero-order valence-electron chi connectivity index (χ0n) is 20.3. The SMILES string of the molecule is COc1ccccc1-n1c(C)cc(/C=C2\C(=N)N3N=C(CC(=O)N4CCOCC4)SC3=NC2=O)c1C. The Bertz CT molecular complexity index is 1350. The minimum absolute atomic E-state index is 0.0533. The molecule has 0 aliphatic carbocycles. The van der Waals surface area contributed by atoms with E-state index in [0.717, 1.165) is 40.2 Å². The van der Waals surface area contributed by atoms with Crippen molar-refractivity contribution in [3.63, 3.8) is 0 Å². The van der Waals surface area contributed by atoms with Crippen LogP contribution in [-0.2, 0) is 14.3 Å². The summed E-state index contributed by atoms with van der Waals surface area (Å²) in [6.07, 6.45) is 1.77. The van der Waals surface area contributed by atoms with Gasteiger partial charge in [-0.1, -0.05) is 12.1 Å². The van der Waals surface area contributed by atoms with Crippen LogP contribution in [0.15, 0.2) is 46.0 Å². The second-order valence-electron chi connectivity index (χ2n) is 8.52. The van der Waals surface area contributed by atoms with Gasteiger partial charge < -0.3 is 18.9 Å². The van der Waals surface area contributed by atoms with Crippen molar-refractivity contribution in [1.29, 1.82) is 5.41 Å². The Morgan fingerprint density at radius 2 is 2.00 bits per heavy atom. The van der Waals surface area contributed by atoms with Gasteiger partial charge in [0, 0.05) is 24.5 Å². The number of morpholine rings is 1. The third-order valence-electron chi connectivity index (χ3n) is 6.26. The highest BCUT2D eigenvalue weighted by Crippen LogP contribution is 2.32. The lowest BCUT2D eigenvalue weighted by Crippen LogP contribution is -2.41. The van der Waals surface area contributed by atoms with Gasteiger partial charge >= 0.3 is 0 Å². The lowest BCUT2D eigenvalue weighted by atomic mass is 10.1. The topological polar surface area (TPSA) is 113 Å². The standard InChI is InChI=1S/C25H26N6O4S/c1-15-12-17(16(2)30(15)19-6-4-5-7-20(19)34-3)13-18-23(26)31-25(27-24(18)33)36-21(28-31)14-22(32)29-8-10-35-11-9-29/h4-7,12-13,26H,8-11,14H2,1-3H3/b18-13+,26-23?. The highest BCUT2D eigenvalue weighted by atomic mass is 32.2. The number of carbonyl (C=O) groups is 2. The van der Waals surface area contributed by atoms with Gasteiger partial charge in [0.25, 0.3) is 5.91 Å². The number of thioether (sulfide) groups is 1. The molecule has 36 heavy (non-hydrogen) atoms. The summed E-state index contributed by atoms with van der Waals surface area (Å²) in [6.45, 7) is 6.08. The van der Waals surface area contributed by atoms with Crippen LogP contribution in [0.1, 0.15) is 23.4 Å². The highest BCUT2D eigenvalue weighted by Gasteiger charge is 2.36. The number of benzene rings is 1. The van der Waals surface area contributed by atoms with Gasteiger partial charge in [-0.3, -0.25) is 15.0 Å². The summed E-state index contributed by atoms with van der Waals surface area (Å²) in [6, 6.07) is 9.68. The quantitative estimate of drug-likeness (QED) is 0.624. The number of amides is 2. The fourth-order valence-corrected chi connectivity index (χ4v) is 5.31. The number of aryl methyl sites for hydroxylation is 1. The Morgan fingerprint density at radius 1 is 1.25 bits per heavy atom. The molecule has 10 nitrogen and oxygen atoms in total. The van der Waals surface area contributed by atoms with E-state index in [4.69, 9.17) is 14.9 Å². The normalized spacial score (nSPS) is 18.9. The number of carbonyl (C=O) groups excluding carboxylic acids is 2. The van der Waals surface area contributed by atoms with E-state index >= 15 is 0 Å². The molecule has 0 atom stereocenters. The minimum atomic E-state index is -0.503. The molecular weight excluding hydrogens is 480 g/mol. The van der Waals surface area contributed by atoms with Crippen molar-refractivity contribution in [3.8, 4) is 11.4 Å². The lowest BCUT2D eigenvalue weighted by Gasteiger charge is -2.26. The average molecular weight is 507 g/mol. The van der Waals surface area contributed by atoms with Gasteiger partial charge in [-0.15, -0.1) is 0 Å². The number of methoxy groups -OCH3 is 1. The van der Waals surface area contributed by atoms with Gasteiger partial charge in [0.1, 0.15) is 10.8 Å². The average Bonchev–Trinajstić information content (AvgIpc) is 3.41. The van der Waals surface area contributed by atoms with Crippen LogP contribution < -0.4 is 4.74 Å². The van der Waals surface area contributed by atoms with E-state index in [2.05, 4.69) is 14.7 Å². The fraction of sp³-hybridized carbons (Fsp3) is 0.320. The first-order chi connectivity index (χ1) is 17.4. The van der Waals surface area contributed by atoms with Crippen molar-refractivity contribution in [3.05, 3.63) is 52.9 Å². The number of amidine groups is 2. The molecule has 0 radical (unpaired) electrons. The van der Waals surface area contributed by atoms with E-state index in [1.165, 1.54) is 5.01 Å². The number of ether oxygens (including phenoxy) is 2. The Hall–Kier alpha value is -3.70. The zero-order valence-corrected chi connectivity index (χ0v) is 21.1. The van der Waals surface area contributed by atoms with Crippen molar-refractivity contribution >= 4 is 45.7 Å². The number of hydrogen-bond donors (Lipinski definition) is 1. The molecule has 1 N–H and O–H groups in total. The van der Waals surface area contributed by atoms with Crippen molar-refractivity contribution in [2.45, 2.75) is 20.3 Å². The van der Waals surface area contributed by atoms with Gasteiger partial charge in [-0.05, 0) is 55.4 Å². The fourth-order valence-electron chi connectivity index (χ4n) is 4.43. The lowest BCUT2D eigenvalue weighted by molar-refractivity contribution is -0.133. The maximum atomic E-state index is 12.9. The third-order valence-corrected chi connectivity index (χ3v) is 7.17. The molecule has 1 saturated heterocycles. The molecule has 0 spiro atoms. The summed E-state index contributed by atoms with van der Waals surface area (Å²) >= 11 is 1.15. The third kappa shape index (κ3) is 4.35. The van der Waals surface area contributed by atoms with Crippen molar-refractivity contribution in [1.82, 2.24) is 14.5 Å². The molecule has 186 valence electrons. The Labute approximate surface area is 212 Å². The smallest absolute Gasteiger partial charge is 0.283 e. The van der Waals surface area contributed by atoms with Crippen LogP contribution in [0.5, 0.6) is 5.75 Å². The van der Waals surface area contributed by atoms with E-state index in [-0.39, 0.29) is 23.7 Å². The second kappa shape index (κ2) is 9.75. The molecule has 0 unspecified atom stereocenters. The summed E-state index contributed by atoms with van der Waals surface area (Å²) in [4.78, 5) is 31.4. The summed E-state index contributed by atoms with van der Waals surface area (Å²) in [5.74, 6) is 0.115. The Morgan fingerprint density at radius 3 is 2.75 bits per heavy atom. The van der Waals surface area contributed by atoms with E-state index in [9.17, 15) is 9.59 Å². The number of aliphatic imine (C=N–C) groups is 1. The van der Waals surface area contributed by atoms with Gasteiger partial charge in [0.15, 0.2) is 5.84 Å². The molecule has 0 saturated carbocycles. The van der Waals surface area contributed by atoms with Crippen molar-refractivity contribution < 1.29 is 19.1 Å². The summed E-state index contributed by atoms with van der Waals surface area (Å²) < 4.78 is 12.9. The first-order valence-electron chi connectivity index (χ1n) is 11.5. The Balaban J connectivity index is 1.41. The maximum Gasteiger partial charge on any atom is 0.283 e. The number of hydrogen-bond acceptors (Lipinski definition) is 7. The van der Waals surface area contributed by atoms with E-state index < -0.39 is 5.91 Å². The van der Waals surface area contributed by atoms with Crippen LogP contribution in [0.2, 0.25) is 0 Å². The molecule has 11 heteroatoms. The van der Waals surface area contributed by atoms with Crippen LogP contribution >= 0.6 is 11.8 Å². The second-order valence-corrected chi connectivity index (χ2v) is 9.56. The number of nitrogens with one attached hydrogen (secondary N) is 1. The molecular formula is C25H26N6O4S. The van der Waals surface area contributed by atoms with Gasteiger partial charge in [0.05, 0.1) is 38.0 Å². The molecule has 1 fully saturated rings. The number of para-hydroxylation sites is 2. The van der Waals surface area contributed by atoms with Crippen LogP contribution in [0.25, 0.3) is 11.8 Å². The number of fused-ring (bicyclic) bond motifs is 1. The van der Waals surface area contributed by atoms with Crippen LogP contribution in [0, 0.1) is 19.3 Å². The molecule has 5 rings (SSSR count). The number of aromatic nitrogens is 1. The minimum Gasteiger partial charge on any atom is -0.495 e. The van der Waals surface area contributed by atoms with E-state index in [1.54, 1.807) is 18.1 Å². The molecule has 1 aromatic heterocycles. The maximum absolute atomic E-state index is 12.9. The molecule has 1 aromatic carbocycles. The summed E-state index contributed by atoms with van der Waals surface area (Å²) in [5, 5.41) is 15.3. The molecule has 2 aromatic rings. The predicted octanol–water partition coefficient (Wildman–Crippen LogP) is 2.97. The first kappa shape index (κ1) is 24.0. The Kier molecular flexibility index (Phi) is 6.50. The van der Waals surface area contributed by atoms with Gasteiger partial charge in [-0.2, -0.15) is 15.1 Å². The number of hydrazone groups is 1. The van der Waals surface area contributed by atoms with Crippen molar-refractivity contribution in [2.75, 3.05) is 33.4 Å². The van der Waals surface area contributed by atoms with Crippen molar-refractivity contribution in [2.24, 2.45) is 10.1 Å². The molecule has 3 aliphatic heterocycles. The zero-order chi connectivity index (χ0) is 25.4. The first-order valence-corrected chi connectivity index (χ1v) is 12.4. The largest absolute Gasteiger partial charge is 0.495 e. The molecule has 0 bridgehead atoms. The molecule has 4 heterocycles. The van der Waals surface area contributed by atoms with Crippen LogP contribution in [0.3, 0.4) is 0 Å². The summed E-state index contributed by atoms with van der Waals surface area (Å²) in [5.41, 5.74) is 3.69. The molecule has 2 amide bonds. The predicted molar refractivity (Wildman–Crippen MR) is 139 cm³/mol. The van der Waals surface area contributed by atoms with Crippen LogP contribution in [0.4, 0.5) is 0 Å². The number of nitrogens with zero attached hydrogens (tertiary/aromatic N) is 5. The van der Waals surface area contributed by atoms with Gasteiger partial charge in [0.2, 0.25) is 11.1 Å². The highest BCUT2D eigenvalue weighted by molar-refractivity contribution is 8.27. The number of rotatable bonds is 5. The summed E-state index contributed by atoms with van der Waals surface area (Å²) in [7, 11) is 1.63. The van der Waals surface area contributed by atoms with E-state index in [1.807, 2.05) is 44.2 Å². The molecule has 3 aliphatic rings. The monoisotopic (exact) mass is 506 g/mol. The van der Waals surface area contributed by atoms with Crippen LogP contribution in [-0.4, -0.2) is 75.8 Å². The van der Waals surface area contributed by atoms with E-state index in [0.29, 0.717) is 36.5 Å². The van der Waals surface area contributed by atoms with Gasteiger partial charge in [-0.25, -0.2) is 0 Å².